The monoisotopic (exact) mass is 454 g/mol. The Morgan fingerprint density at radius 3 is 2.93 bits per heavy atom. The number of aromatic amines is 1. The Bertz CT molecular complexity index is 1070. The molecule has 3 aromatic rings. The number of halogens is 1. The standard InChI is InChI=1S/C21H19BrN4O3/c1-26-18-7-2-3-8-19(18)29-12-17(21(26)28)23-20(27)16-11-15(24-25-16)10-13-5-4-6-14(22)9-13/h2-9,11,17H,10,12H2,1H3,(H,23,27)(H,24,25)/t17-/m0/s1. The van der Waals surface area contributed by atoms with Crippen LogP contribution in [0, 0.1) is 0 Å². The van der Waals surface area contributed by atoms with Crippen LogP contribution >= 0.6 is 15.9 Å². The van der Waals surface area contributed by atoms with Crippen molar-refractivity contribution in [3.63, 3.8) is 0 Å². The molecular formula is C21H19BrN4O3. The molecule has 0 spiro atoms. The predicted molar refractivity (Wildman–Crippen MR) is 112 cm³/mol. The number of nitrogens with one attached hydrogen (secondary N) is 2. The number of nitrogens with zero attached hydrogens (tertiary/aromatic N) is 2. The van der Waals surface area contributed by atoms with Crippen LogP contribution in [0.25, 0.3) is 0 Å². The second-order valence-corrected chi connectivity index (χ2v) is 7.70. The maximum Gasteiger partial charge on any atom is 0.272 e. The summed E-state index contributed by atoms with van der Waals surface area (Å²) < 4.78 is 6.71. The summed E-state index contributed by atoms with van der Waals surface area (Å²) >= 11 is 3.45. The van der Waals surface area contributed by atoms with Gasteiger partial charge in [0.15, 0.2) is 0 Å². The number of aromatic nitrogens is 2. The number of carbonyl (C=O) groups excluding carboxylic acids is 2. The third kappa shape index (κ3) is 4.17. The van der Waals surface area contributed by atoms with E-state index in [2.05, 4.69) is 31.4 Å². The van der Waals surface area contributed by atoms with Gasteiger partial charge in [-0.2, -0.15) is 5.10 Å². The third-order valence-corrected chi connectivity index (χ3v) is 5.21. The van der Waals surface area contributed by atoms with E-state index in [1.165, 1.54) is 4.90 Å². The van der Waals surface area contributed by atoms with Crippen molar-refractivity contribution >= 4 is 33.4 Å². The number of carbonyl (C=O) groups is 2. The molecule has 0 saturated carbocycles. The Kier molecular flexibility index (Phi) is 5.35. The minimum atomic E-state index is -0.801. The van der Waals surface area contributed by atoms with E-state index in [-0.39, 0.29) is 18.2 Å². The molecule has 2 N–H and O–H groups in total. The lowest BCUT2D eigenvalue weighted by molar-refractivity contribution is -0.120. The summed E-state index contributed by atoms with van der Waals surface area (Å²) in [4.78, 5) is 26.9. The molecule has 2 amide bonds. The first kappa shape index (κ1) is 19.2. The maximum absolute atomic E-state index is 12.8. The number of amides is 2. The van der Waals surface area contributed by atoms with Gasteiger partial charge in [-0.1, -0.05) is 40.2 Å². The zero-order valence-corrected chi connectivity index (χ0v) is 17.3. The van der Waals surface area contributed by atoms with Gasteiger partial charge in [0.1, 0.15) is 24.1 Å². The maximum atomic E-state index is 12.8. The molecule has 0 bridgehead atoms. The Balaban J connectivity index is 1.44. The van der Waals surface area contributed by atoms with Crippen LogP contribution in [-0.4, -0.2) is 41.7 Å². The van der Waals surface area contributed by atoms with Gasteiger partial charge in [0.2, 0.25) is 0 Å². The number of H-pyrrole nitrogens is 1. The summed E-state index contributed by atoms with van der Waals surface area (Å²) in [5, 5.41) is 9.71. The average Bonchev–Trinajstić information content (AvgIpc) is 3.14. The second-order valence-electron chi connectivity index (χ2n) is 6.79. The molecule has 0 unspecified atom stereocenters. The van der Waals surface area contributed by atoms with Gasteiger partial charge in [-0.05, 0) is 35.9 Å². The molecule has 1 aliphatic heterocycles. The lowest BCUT2D eigenvalue weighted by Crippen LogP contribution is -2.49. The van der Waals surface area contributed by atoms with E-state index in [0.717, 1.165) is 15.7 Å². The first-order valence-corrected chi connectivity index (χ1v) is 9.89. The predicted octanol–water partition coefficient (Wildman–Crippen LogP) is 2.92. The molecule has 2 heterocycles. The number of benzene rings is 2. The molecule has 148 valence electrons. The number of para-hydroxylation sites is 2. The van der Waals surface area contributed by atoms with E-state index < -0.39 is 11.9 Å². The zero-order valence-electron chi connectivity index (χ0n) is 15.7. The van der Waals surface area contributed by atoms with Crippen LogP contribution in [0.5, 0.6) is 5.75 Å². The van der Waals surface area contributed by atoms with Gasteiger partial charge in [0, 0.05) is 23.6 Å². The summed E-state index contributed by atoms with van der Waals surface area (Å²) in [6, 6.07) is 16.1. The normalized spacial score (nSPS) is 16.0. The molecule has 4 rings (SSSR count). The molecule has 1 atom stereocenters. The van der Waals surface area contributed by atoms with Crippen LogP contribution in [0.3, 0.4) is 0 Å². The van der Waals surface area contributed by atoms with Crippen LogP contribution in [0.15, 0.2) is 59.1 Å². The van der Waals surface area contributed by atoms with Crippen molar-refractivity contribution in [2.24, 2.45) is 0 Å². The molecule has 29 heavy (non-hydrogen) atoms. The van der Waals surface area contributed by atoms with Crippen molar-refractivity contribution in [2.75, 3.05) is 18.6 Å². The fourth-order valence-electron chi connectivity index (χ4n) is 3.22. The molecule has 2 aromatic carbocycles. The Morgan fingerprint density at radius 1 is 1.28 bits per heavy atom. The number of rotatable bonds is 4. The zero-order chi connectivity index (χ0) is 20.4. The molecule has 0 saturated heterocycles. The van der Waals surface area contributed by atoms with E-state index in [1.54, 1.807) is 25.2 Å². The first-order chi connectivity index (χ1) is 14.0. The number of fused-ring (bicyclic) bond motifs is 1. The molecule has 0 radical (unpaired) electrons. The van der Waals surface area contributed by atoms with Crippen LogP contribution < -0.4 is 15.0 Å². The number of hydrogen-bond acceptors (Lipinski definition) is 4. The van der Waals surface area contributed by atoms with Crippen LogP contribution in [-0.2, 0) is 11.2 Å². The number of ether oxygens (including phenoxy) is 1. The quantitative estimate of drug-likeness (QED) is 0.634. The van der Waals surface area contributed by atoms with Gasteiger partial charge in [-0.15, -0.1) is 0 Å². The SMILES string of the molecule is CN1C(=O)[C@@H](NC(=O)c2cc(Cc3cccc(Br)c3)[nH]n2)COc2ccccc21. The Labute approximate surface area is 176 Å². The topological polar surface area (TPSA) is 87.3 Å². The van der Waals surface area contributed by atoms with E-state index >= 15 is 0 Å². The Morgan fingerprint density at radius 2 is 2.10 bits per heavy atom. The van der Waals surface area contributed by atoms with Crippen molar-refractivity contribution in [1.29, 1.82) is 0 Å². The van der Waals surface area contributed by atoms with Gasteiger partial charge in [-0.25, -0.2) is 0 Å². The Hall–Kier alpha value is -3.13. The molecular weight excluding hydrogens is 436 g/mol. The molecule has 0 aliphatic carbocycles. The van der Waals surface area contributed by atoms with Gasteiger partial charge >= 0.3 is 0 Å². The van der Waals surface area contributed by atoms with Crippen LogP contribution in [0.1, 0.15) is 21.7 Å². The highest BCUT2D eigenvalue weighted by molar-refractivity contribution is 9.10. The molecule has 0 fully saturated rings. The summed E-state index contributed by atoms with van der Waals surface area (Å²) in [6.07, 6.45) is 0.614. The van der Waals surface area contributed by atoms with Gasteiger partial charge < -0.3 is 15.0 Å². The number of hydrogen-bond donors (Lipinski definition) is 2. The fraction of sp³-hybridized carbons (Fsp3) is 0.190. The minimum absolute atomic E-state index is 0.0568. The molecule has 1 aliphatic rings. The van der Waals surface area contributed by atoms with Crippen molar-refractivity contribution in [1.82, 2.24) is 15.5 Å². The van der Waals surface area contributed by atoms with Crippen molar-refractivity contribution < 1.29 is 14.3 Å². The van der Waals surface area contributed by atoms with Gasteiger partial charge in [0.05, 0.1) is 5.69 Å². The van der Waals surface area contributed by atoms with E-state index in [0.29, 0.717) is 17.9 Å². The van der Waals surface area contributed by atoms with Crippen molar-refractivity contribution in [3.05, 3.63) is 76.0 Å². The first-order valence-electron chi connectivity index (χ1n) is 9.10. The number of anilines is 1. The lowest BCUT2D eigenvalue weighted by atomic mass is 10.1. The highest BCUT2D eigenvalue weighted by Gasteiger charge is 2.31. The molecule has 8 heteroatoms. The summed E-state index contributed by atoms with van der Waals surface area (Å²) in [5.74, 6) is -0.0626. The van der Waals surface area contributed by atoms with E-state index in [4.69, 9.17) is 4.74 Å². The largest absolute Gasteiger partial charge is 0.489 e. The lowest BCUT2D eigenvalue weighted by Gasteiger charge is -2.19. The number of likely N-dealkylation sites (N-methyl/N-ethyl adjacent to an activating group) is 1. The highest BCUT2D eigenvalue weighted by atomic mass is 79.9. The summed E-state index contributed by atoms with van der Waals surface area (Å²) in [6.45, 7) is 0.0568. The van der Waals surface area contributed by atoms with E-state index in [9.17, 15) is 9.59 Å². The van der Waals surface area contributed by atoms with E-state index in [1.807, 2.05) is 36.4 Å². The average molecular weight is 455 g/mol. The van der Waals surface area contributed by atoms with Crippen LogP contribution in [0.4, 0.5) is 5.69 Å². The smallest absolute Gasteiger partial charge is 0.272 e. The second kappa shape index (κ2) is 8.08. The van der Waals surface area contributed by atoms with Crippen LogP contribution in [0.2, 0.25) is 0 Å². The fourth-order valence-corrected chi connectivity index (χ4v) is 3.67. The van der Waals surface area contributed by atoms with Gasteiger partial charge in [-0.3, -0.25) is 14.7 Å². The molecule has 7 nitrogen and oxygen atoms in total. The summed E-state index contributed by atoms with van der Waals surface area (Å²) in [5.41, 5.74) is 2.79. The third-order valence-electron chi connectivity index (χ3n) is 4.71. The molecule has 1 aromatic heterocycles. The summed E-state index contributed by atoms with van der Waals surface area (Å²) in [7, 11) is 1.67. The van der Waals surface area contributed by atoms with Crippen molar-refractivity contribution in [3.8, 4) is 5.75 Å². The minimum Gasteiger partial charge on any atom is -0.489 e. The highest BCUT2D eigenvalue weighted by Crippen LogP contribution is 2.29. The van der Waals surface area contributed by atoms with Crippen molar-refractivity contribution in [2.45, 2.75) is 12.5 Å². The van der Waals surface area contributed by atoms with Gasteiger partial charge in [0.25, 0.3) is 11.8 Å².